The minimum atomic E-state index is -0.0219. The summed E-state index contributed by atoms with van der Waals surface area (Å²) in [5.74, 6) is 1.33. The Kier molecular flexibility index (Phi) is 2.70. The van der Waals surface area contributed by atoms with Crippen LogP contribution < -0.4 is 5.73 Å². The van der Waals surface area contributed by atoms with Crippen molar-refractivity contribution in [2.24, 2.45) is 0 Å². The van der Waals surface area contributed by atoms with Gasteiger partial charge in [-0.3, -0.25) is 0 Å². The van der Waals surface area contributed by atoms with Gasteiger partial charge < -0.3 is 15.0 Å². The maximum Gasteiger partial charge on any atom is 0.180 e. The summed E-state index contributed by atoms with van der Waals surface area (Å²) in [6, 6.07) is 0. The number of nitrogens with two attached hydrogens (primary N) is 1. The monoisotopic (exact) mass is 308 g/mol. The molecule has 1 aliphatic rings. The van der Waals surface area contributed by atoms with E-state index in [2.05, 4.69) is 27.7 Å². The van der Waals surface area contributed by atoms with Crippen LogP contribution in [-0.4, -0.2) is 17.9 Å². The van der Waals surface area contributed by atoms with Gasteiger partial charge in [0.15, 0.2) is 11.6 Å². The molecule has 0 atom stereocenters. The van der Waals surface area contributed by atoms with Crippen LogP contribution in [0.15, 0.2) is 4.52 Å². The molecular formula is C9H13IN2O2. The molecule has 78 valence electrons. The molecule has 0 saturated heterocycles. The Morgan fingerprint density at radius 1 is 1.64 bits per heavy atom. The lowest BCUT2D eigenvalue weighted by Gasteiger charge is -2.39. The SMILES string of the molecule is COC1(Cc2onc(N)c2I)CCC1. The second-order valence-corrected chi connectivity index (χ2v) is 4.80. The third-order valence-corrected chi connectivity index (χ3v) is 4.06. The van der Waals surface area contributed by atoms with Crippen LogP contribution in [-0.2, 0) is 11.2 Å². The molecule has 4 nitrogen and oxygen atoms in total. The number of ether oxygens (including phenoxy) is 1. The van der Waals surface area contributed by atoms with Gasteiger partial charge in [-0.1, -0.05) is 5.16 Å². The highest BCUT2D eigenvalue weighted by Crippen LogP contribution is 2.39. The van der Waals surface area contributed by atoms with E-state index < -0.39 is 0 Å². The van der Waals surface area contributed by atoms with Gasteiger partial charge in [0.25, 0.3) is 0 Å². The van der Waals surface area contributed by atoms with Crippen molar-refractivity contribution in [3.63, 3.8) is 0 Å². The number of halogens is 1. The van der Waals surface area contributed by atoms with Crippen molar-refractivity contribution < 1.29 is 9.26 Å². The zero-order chi connectivity index (χ0) is 10.2. The third-order valence-electron chi connectivity index (χ3n) is 2.90. The van der Waals surface area contributed by atoms with Crippen LogP contribution in [0.3, 0.4) is 0 Å². The fourth-order valence-corrected chi connectivity index (χ4v) is 2.14. The summed E-state index contributed by atoms with van der Waals surface area (Å²) in [6.45, 7) is 0. The highest BCUT2D eigenvalue weighted by molar-refractivity contribution is 14.1. The molecule has 2 rings (SSSR count). The molecule has 5 heteroatoms. The number of rotatable bonds is 3. The Bertz CT molecular complexity index is 328. The first-order valence-corrected chi connectivity index (χ1v) is 5.69. The zero-order valence-corrected chi connectivity index (χ0v) is 10.2. The van der Waals surface area contributed by atoms with E-state index in [1.807, 2.05) is 0 Å². The number of nitrogen functional groups attached to an aromatic ring is 1. The van der Waals surface area contributed by atoms with Crippen LogP contribution in [0.1, 0.15) is 25.0 Å². The molecule has 1 heterocycles. The minimum absolute atomic E-state index is 0.0219. The third kappa shape index (κ3) is 1.63. The standard InChI is InChI=1S/C9H13IN2O2/c1-13-9(3-2-4-9)5-6-7(10)8(11)12-14-6/h2-5H2,1H3,(H2,11,12). The van der Waals surface area contributed by atoms with Crippen molar-refractivity contribution in [2.75, 3.05) is 12.8 Å². The van der Waals surface area contributed by atoms with Gasteiger partial charge in [-0.05, 0) is 41.9 Å². The molecule has 1 aliphatic carbocycles. The topological polar surface area (TPSA) is 61.3 Å². The zero-order valence-electron chi connectivity index (χ0n) is 8.05. The second kappa shape index (κ2) is 3.69. The van der Waals surface area contributed by atoms with Crippen LogP contribution in [0.2, 0.25) is 0 Å². The number of hydrogen-bond acceptors (Lipinski definition) is 4. The molecule has 14 heavy (non-hydrogen) atoms. The molecule has 0 aromatic carbocycles. The molecule has 1 fully saturated rings. The van der Waals surface area contributed by atoms with Crippen molar-refractivity contribution in [1.82, 2.24) is 5.16 Å². The van der Waals surface area contributed by atoms with E-state index in [0.717, 1.165) is 28.6 Å². The molecule has 0 bridgehead atoms. The summed E-state index contributed by atoms with van der Waals surface area (Å²) in [5, 5.41) is 3.73. The van der Waals surface area contributed by atoms with Gasteiger partial charge in [-0.25, -0.2) is 0 Å². The molecule has 0 radical (unpaired) electrons. The molecule has 0 amide bonds. The van der Waals surface area contributed by atoms with E-state index in [-0.39, 0.29) is 5.60 Å². The summed E-state index contributed by atoms with van der Waals surface area (Å²) in [6.07, 6.45) is 4.21. The average molecular weight is 308 g/mol. The van der Waals surface area contributed by atoms with Crippen molar-refractivity contribution in [1.29, 1.82) is 0 Å². The van der Waals surface area contributed by atoms with Crippen LogP contribution in [0.25, 0.3) is 0 Å². The molecule has 0 unspecified atom stereocenters. The molecule has 2 N–H and O–H groups in total. The predicted octanol–water partition coefficient (Wildman–Crippen LogP) is 1.97. The lowest BCUT2D eigenvalue weighted by Crippen LogP contribution is -2.41. The summed E-state index contributed by atoms with van der Waals surface area (Å²) in [4.78, 5) is 0. The smallest absolute Gasteiger partial charge is 0.180 e. The van der Waals surface area contributed by atoms with Crippen molar-refractivity contribution in [3.8, 4) is 0 Å². The van der Waals surface area contributed by atoms with E-state index in [1.165, 1.54) is 6.42 Å². The van der Waals surface area contributed by atoms with Gasteiger partial charge in [-0.15, -0.1) is 0 Å². The summed E-state index contributed by atoms with van der Waals surface area (Å²) < 4.78 is 11.6. The van der Waals surface area contributed by atoms with Gasteiger partial charge in [0.2, 0.25) is 0 Å². The number of nitrogens with zero attached hydrogens (tertiary/aromatic N) is 1. The highest BCUT2D eigenvalue weighted by atomic mass is 127. The van der Waals surface area contributed by atoms with E-state index >= 15 is 0 Å². The Balaban J connectivity index is 2.13. The maximum atomic E-state index is 5.61. The fourth-order valence-electron chi connectivity index (χ4n) is 1.75. The highest BCUT2D eigenvalue weighted by Gasteiger charge is 2.39. The van der Waals surface area contributed by atoms with Crippen LogP contribution in [0.5, 0.6) is 0 Å². The van der Waals surface area contributed by atoms with Crippen molar-refractivity contribution in [3.05, 3.63) is 9.33 Å². The molecule has 1 saturated carbocycles. The second-order valence-electron chi connectivity index (χ2n) is 3.72. The lowest BCUT2D eigenvalue weighted by molar-refractivity contribution is -0.0745. The van der Waals surface area contributed by atoms with Crippen LogP contribution in [0, 0.1) is 3.57 Å². The van der Waals surface area contributed by atoms with Crippen molar-refractivity contribution >= 4 is 28.4 Å². The lowest BCUT2D eigenvalue weighted by atomic mass is 9.77. The number of methoxy groups -OCH3 is 1. The van der Waals surface area contributed by atoms with Gasteiger partial charge in [-0.2, -0.15) is 0 Å². The first-order valence-electron chi connectivity index (χ1n) is 4.61. The fraction of sp³-hybridized carbons (Fsp3) is 0.667. The van der Waals surface area contributed by atoms with E-state index in [0.29, 0.717) is 5.82 Å². The first-order chi connectivity index (χ1) is 6.67. The molecule has 1 aromatic rings. The Hall–Kier alpha value is -0.300. The normalized spacial score (nSPS) is 19.3. The average Bonchev–Trinajstić information content (AvgIpc) is 2.42. The van der Waals surface area contributed by atoms with E-state index in [1.54, 1.807) is 7.11 Å². The summed E-state index contributed by atoms with van der Waals surface area (Å²) in [5.41, 5.74) is 5.59. The van der Waals surface area contributed by atoms with Gasteiger partial charge in [0.05, 0.1) is 9.17 Å². The molecule has 0 aliphatic heterocycles. The van der Waals surface area contributed by atoms with Gasteiger partial charge in [0, 0.05) is 13.5 Å². The van der Waals surface area contributed by atoms with Crippen LogP contribution >= 0.6 is 22.6 Å². The minimum Gasteiger partial charge on any atom is -0.380 e. The molecule has 1 aromatic heterocycles. The Morgan fingerprint density at radius 3 is 2.71 bits per heavy atom. The van der Waals surface area contributed by atoms with Gasteiger partial charge in [0.1, 0.15) is 0 Å². The molecule has 0 spiro atoms. The Morgan fingerprint density at radius 2 is 2.36 bits per heavy atom. The Labute approximate surface area is 96.3 Å². The molecular weight excluding hydrogens is 295 g/mol. The van der Waals surface area contributed by atoms with E-state index in [9.17, 15) is 0 Å². The maximum absolute atomic E-state index is 5.61. The van der Waals surface area contributed by atoms with Crippen LogP contribution in [0.4, 0.5) is 5.82 Å². The van der Waals surface area contributed by atoms with E-state index in [4.69, 9.17) is 15.0 Å². The number of aromatic nitrogens is 1. The van der Waals surface area contributed by atoms with Crippen molar-refractivity contribution in [2.45, 2.75) is 31.3 Å². The largest absolute Gasteiger partial charge is 0.380 e. The van der Waals surface area contributed by atoms with Gasteiger partial charge >= 0.3 is 0 Å². The number of anilines is 1. The quantitative estimate of drug-likeness (QED) is 0.867. The summed E-state index contributed by atoms with van der Waals surface area (Å²) in [7, 11) is 1.76. The predicted molar refractivity (Wildman–Crippen MR) is 60.9 cm³/mol. The number of hydrogen-bond donors (Lipinski definition) is 1. The summed E-state index contributed by atoms with van der Waals surface area (Å²) >= 11 is 2.16. The first kappa shape index (κ1) is 10.2.